The van der Waals surface area contributed by atoms with Crippen LogP contribution >= 0.6 is 28.1 Å². The van der Waals surface area contributed by atoms with Gasteiger partial charge in [-0.15, -0.1) is 0 Å². The number of likely N-dealkylation sites (N-methyl/N-ethyl adjacent to an activating group) is 1. The molecule has 1 aliphatic rings. The normalized spacial score (nSPS) is 17.8. The van der Waals surface area contributed by atoms with Gasteiger partial charge in [0.2, 0.25) is 0 Å². The van der Waals surface area contributed by atoms with Gasteiger partial charge in [-0.1, -0.05) is 15.9 Å². The summed E-state index contributed by atoms with van der Waals surface area (Å²) in [5.74, 6) is -0.106. The number of carbonyl (C=O) groups is 1. The van der Waals surface area contributed by atoms with E-state index in [4.69, 9.17) is 12.2 Å². The van der Waals surface area contributed by atoms with E-state index in [-0.39, 0.29) is 11.7 Å². The van der Waals surface area contributed by atoms with Gasteiger partial charge in [0.15, 0.2) is 5.11 Å². The summed E-state index contributed by atoms with van der Waals surface area (Å²) in [5.41, 5.74) is 0.902. The maximum Gasteiger partial charge on any atom is 0.276 e. The summed E-state index contributed by atoms with van der Waals surface area (Å²) < 4.78 is 0.823. The third-order valence-electron chi connectivity index (χ3n) is 2.37. The van der Waals surface area contributed by atoms with E-state index in [9.17, 15) is 9.90 Å². The number of nitrogens with one attached hydrogen (secondary N) is 1. The molecule has 2 N–H and O–H groups in total. The predicted octanol–water partition coefficient (Wildman–Crippen LogP) is 1.84. The topological polar surface area (TPSA) is 52.6 Å². The maximum atomic E-state index is 11.7. The number of aromatic hydroxyl groups is 1. The lowest BCUT2D eigenvalue weighted by Crippen LogP contribution is -2.25. The van der Waals surface area contributed by atoms with Crippen molar-refractivity contribution in [1.29, 1.82) is 0 Å². The molecule has 88 valence electrons. The number of carbonyl (C=O) groups excluding carboxylic acids is 1. The summed E-state index contributed by atoms with van der Waals surface area (Å²) in [6, 6.07) is 4.99. The van der Waals surface area contributed by atoms with Crippen LogP contribution in [-0.4, -0.2) is 28.1 Å². The van der Waals surface area contributed by atoms with Gasteiger partial charge in [-0.2, -0.15) is 0 Å². The van der Waals surface area contributed by atoms with Gasteiger partial charge in [0.25, 0.3) is 5.91 Å². The average Bonchev–Trinajstić information content (AvgIpc) is 2.52. The predicted molar refractivity (Wildman–Crippen MR) is 72.3 cm³/mol. The molecule has 0 bridgehead atoms. The van der Waals surface area contributed by atoms with Gasteiger partial charge in [-0.25, -0.2) is 0 Å². The second-order valence-electron chi connectivity index (χ2n) is 3.56. The van der Waals surface area contributed by atoms with Gasteiger partial charge in [0.1, 0.15) is 11.4 Å². The Hall–Kier alpha value is -1.40. The first-order valence-corrected chi connectivity index (χ1v) is 5.98. The largest absolute Gasteiger partial charge is 0.507 e. The molecule has 1 aromatic carbocycles. The van der Waals surface area contributed by atoms with Crippen molar-refractivity contribution in [1.82, 2.24) is 10.2 Å². The first-order valence-electron chi connectivity index (χ1n) is 4.78. The number of phenolic OH excluding ortho intramolecular Hbond substituents is 1. The molecule has 0 aromatic heterocycles. The minimum Gasteiger partial charge on any atom is -0.507 e. The molecule has 1 amide bonds. The smallest absolute Gasteiger partial charge is 0.276 e. The van der Waals surface area contributed by atoms with Crippen molar-refractivity contribution in [2.75, 3.05) is 7.05 Å². The van der Waals surface area contributed by atoms with E-state index in [1.165, 1.54) is 4.90 Å². The van der Waals surface area contributed by atoms with Crippen molar-refractivity contribution >= 4 is 45.2 Å². The van der Waals surface area contributed by atoms with Crippen LogP contribution in [0.4, 0.5) is 0 Å². The number of hydrogen-bond donors (Lipinski definition) is 2. The molecule has 4 nitrogen and oxygen atoms in total. The molecule has 2 rings (SSSR count). The van der Waals surface area contributed by atoms with E-state index in [0.29, 0.717) is 16.4 Å². The monoisotopic (exact) mass is 312 g/mol. The van der Waals surface area contributed by atoms with Gasteiger partial charge < -0.3 is 10.4 Å². The minimum absolute atomic E-state index is 0.107. The molecule has 1 heterocycles. The second kappa shape index (κ2) is 4.46. The number of amides is 1. The number of nitrogens with zero attached hydrogens (tertiary/aromatic N) is 1. The molecule has 0 atom stereocenters. The number of rotatable bonds is 1. The van der Waals surface area contributed by atoms with Crippen LogP contribution in [0.5, 0.6) is 5.75 Å². The number of thiocarbonyl (C=S) groups is 1. The summed E-state index contributed by atoms with van der Waals surface area (Å²) in [6.45, 7) is 0. The van der Waals surface area contributed by atoms with Crippen molar-refractivity contribution in [2.24, 2.45) is 0 Å². The average molecular weight is 313 g/mol. The highest BCUT2D eigenvalue weighted by Gasteiger charge is 2.27. The van der Waals surface area contributed by atoms with Crippen LogP contribution in [-0.2, 0) is 4.79 Å². The SMILES string of the molecule is CN1C(=O)/C(=C\c2cc(Br)ccc2O)NC1=S. The highest BCUT2D eigenvalue weighted by Crippen LogP contribution is 2.24. The van der Waals surface area contributed by atoms with Crippen molar-refractivity contribution in [2.45, 2.75) is 0 Å². The first-order chi connectivity index (χ1) is 7.99. The zero-order valence-electron chi connectivity index (χ0n) is 8.90. The first kappa shape index (κ1) is 12.1. The van der Waals surface area contributed by atoms with Crippen molar-refractivity contribution in [3.63, 3.8) is 0 Å². The summed E-state index contributed by atoms with van der Waals surface area (Å²) in [7, 11) is 1.60. The highest BCUT2D eigenvalue weighted by molar-refractivity contribution is 9.10. The summed E-state index contributed by atoms with van der Waals surface area (Å²) in [4.78, 5) is 13.1. The van der Waals surface area contributed by atoms with Crippen LogP contribution in [0.1, 0.15) is 5.56 Å². The maximum absolute atomic E-state index is 11.7. The van der Waals surface area contributed by atoms with Crippen LogP contribution in [0.2, 0.25) is 0 Å². The molecule has 17 heavy (non-hydrogen) atoms. The quantitative estimate of drug-likeness (QED) is 0.614. The number of halogens is 1. The fraction of sp³-hybridized carbons (Fsp3) is 0.0909. The van der Waals surface area contributed by atoms with Gasteiger partial charge in [0, 0.05) is 17.1 Å². The van der Waals surface area contributed by atoms with Crippen LogP contribution in [0.3, 0.4) is 0 Å². The molecule has 0 unspecified atom stereocenters. The Morgan fingerprint density at radius 3 is 2.82 bits per heavy atom. The Balaban J connectivity index is 2.40. The van der Waals surface area contributed by atoms with Crippen molar-refractivity contribution < 1.29 is 9.90 Å². The molecule has 6 heteroatoms. The summed E-state index contributed by atoms with van der Waals surface area (Å²) >= 11 is 8.25. The zero-order chi connectivity index (χ0) is 12.6. The molecule has 0 saturated carbocycles. The molecule has 0 radical (unpaired) electrons. The summed E-state index contributed by atoms with van der Waals surface area (Å²) in [5, 5.41) is 12.8. The lowest BCUT2D eigenvalue weighted by atomic mass is 10.1. The van der Waals surface area contributed by atoms with Gasteiger partial charge in [-0.3, -0.25) is 9.69 Å². The zero-order valence-corrected chi connectivity index (χ0v) is 11.3. The van der Waals surface area contributed by atoms with Crippen LogP contribution in [0.25, 0.3) is 6.08 Å². The van der Waals surface area contributed by atoms with Crippen molar-refractivity contribution in [3.05, 3.63) is 33.9 Å². The standard InChI is InChI=1S/C11H9BrN2O2S/c1-14-10(16)8(13-11(14)17)5-6-4-7(12)2-3-9(6)15/h2-5,15H,1H3,(H,13,17)/b8-5+. The number of hydrogen-bond acceptors (Lipinski definition) is 3. The lowest BCUT2D eigenvalue weighted by Gasteiger charge is -2.03. The van der Waals surface area contributed by atoms with Crippen molar-refractivity contribution in [3.8, 4) is 5.75 Å². The molecule has 1 aliphatic heterocycles. The number of benzene rings is 1. The van der Waals surface area contributed by atoms with Gasteiger partial charge >= 0.3 is 0 Å². The van der Waals surface area contributed by atoms with Gasteiger partial charge in [0.05, 0.1) is 0 Å². The number of phenols is 1. The lowest BCUT2D eigenvalue weighted by molar-refractivity contribution is -0.121. The Kier molecular flexibility index (Phi) is 3.17. The Labute approximate surface area is 112 Å². The molecular formula is C11H9BrN2O2S. The van der Waals surface area contributed by atoms with E-state index < -0.39 is 0 Å². The fourth-order valence-electron chi connectivity index (χ4n) is 1.42. The van der Waals surface area contributed by atoms with Gasteiger partial charge in [-0.05, 0) is 36.5 Å². The van der Waals surface area contributed by atoms with E-state index in [1.807, 2.05) is 0 Å². The van der Waals surface area contributed by atoms with Crippen LogP contribution in [0, 0.1) is 0 Å². The van der Waals surface area contributed by atoms with E-state index in [2.05, 4.69) is 21.2 Å². The molecule has 0 aliphatic carbocycles. The second-order valence-corrected chi connectivity index (χ2v) is 4.86. The van der Waals surface area contributed by atoms with Crippen LogP contribution in [0.15, 0.2) is 28.4 Å². The molecule has 1 aromatic rings. The molecule has 1 fully saturated rings. The van der Waals surface area contributed by atoms with E-state index >= 15 is 0 Å². The van der Waals surface area contributed by atoms with Crippen LogP contribution < -0.4 is 5.32 Å². The summed E-state index contributed by atoms with van der Waals surface area (Å²) in [6.07, 6.45) is 1.57. The fourth-order valence-corrected chi connectivity index (χ4v) is 1.99. The Morgan fingerprint density at radius 1 is 1.53 bits per heavy atom. The molecule has 1 saturated heterocycles. The third kappa shape index (κ3) is 2.32. The van der Waals surface area contributed by atoms with E-state index in [0.717, 1.165) is 4.47 Å². The third-order valence-corrected chi connectivity index (χ3v) is 3.24. The molecular weight excluding hydrogens is 304 g/mol. The molecule has 0 spiro atoms. The van der Waals surface area contributed by atoms with E-state index in [1.54, 1.807) is 31.3 Å². The minimum atomic E-state index is -0.214. The Morgan fingerprint density at radius 2 is 2.24 bits per heavy atom. The Bertz CT molecular complexity index is 542. The highest BCUT2D eigenvalue weighted by atomic mass is 79.9.